The molecular weight excluding hydrogens is 264 g/mol. The van der Waals surface area contributed by atoms with Crippen molar-refractivity contribution in [1.82, 2.24) is 4.98 Å². The molecule has 0 saturated heterocycles. The summed E-state index contributed by atoms with van der Waals surface area (Å²) in [5.74, 6) is 2.50. The number of anilines is 4. The number of hydrogen-bond acceptors (Lipinski definition) is 5. The van der Waals surface area contributed by atoms with E-state index < -0.39 is 0 Å². The van der Waals surface area contributed by atoms with Crippen LogP contribution in [0, 0.1) is 0 Å². The molecule has 0 bridgehead atoms. The fourth-order valence-corrected chi connectivity index (χ4v) is 2.78. The highest BCUT2D eigenvalue weighted by atomic mass is 16.5. The van der Waals surface area contributed by atoms with Gasteiger partial charge in [-0.3, -0.25) is 4.90 Å². The topological polar surface area (TPSA) is 40.6 Å². The van der Waals surface area contributed by atoms with E-state index in [1.165, 1.54) is 0 Å². The van der Waals surface area contributed by atoms with Crippen LogP contribution in [0.2, 0.25) is 0 Å². The largest absolute Gasteiger partial charge is 0.488 e. The average molecular weight is 280 g/mol. The first-order valence-corrected chi connectivity index (χ1v) is 6.94. The van der Waals surface area contributed by atoms with Crippen molar-refractivity contribution < 1.29 is 4.74 Å². The summed E-state index contributed by atoms with van der Waals surface area (Å²) < 4.78 is 5.68. The van der Waals surface area contributed by atoms with E-state index in [4.69, 9.17) is 4.74 Å². The van der Waals surface area contributed by atoms with Crippen LogP contribution in [0.15, 0.2) is 48.9 Å². The van der Waals surface area contributed by atoms with Gasteiger partial charge in [0.2, 0.25) is 0 Å². The third-order valence-corrected chi connectivity index (χ3v) is 3.88. The highest BCUT2D eigenvalue weighted by molar-refractivity contribution is 5.88. The van der Waals surface area contributed by atoms with Gasteiger partial charge in [0.15, 0.2) is 11.6 Å². The van der Waals surface area contributed by atoms with Gasteiger partial charge in [0.1, 0.15) is 12.4 Å². The van der Waals surface area contributed by atoms with Gasteiger partial charge in [0.25, 0.3) is 0 Å². The van der Waals surface area contributed by atoms with Gasteiger partial charge in [-0.25, -0.2) is 4.98 Å². The molecule has 2 aromatic rings. The van der Waals surface area contributed by atoms with Gasteiger partial charge in [-0.1, -0.05) is 18.7 Å². The molecular formula is C16H16N4O. The SMILES string of the molecule is C=C1N(C)c2ccccc2N1c1cnc2c(c1)OCCN2. The number of fused-ring (bicyclic) bond motifs is 2. The van der Waals surface area contributed by atoms with Crippen LogP contribution in [0.5, 0.6) is 5.75 Å². The lowest BCUT2D eigenvalue weighted by molar-refractivity contribution is 0.321. The van der Waals surface area contributed by atoms with Gasteiger partial charge in [0.05, 0.1) is 29.8 Å². The summed E-state index contributed by atoms with van der Waals surface area (Å²) in [5.41, 5.74) is 3.20. The summed E-state index contributed by atoms with van der Waals surface area (Å²) in [6, 6.07) is 10.2. The molecule has 0 atom stereocenters. The minimum absolute atomic E-state index is 0.662. The Morgan fingerprint density at radius 3 is 2.95 bits per heavy atom. The second-order valence-electron chi connectivity index (χ2n) is 5.11. The summed E-state index contributed by atoms with van der Waals surface area (Å²) >= 11 is 0. The number of benzene rings is 1. The number of hydrogen-bond donors (Lipinski definition) is 1. The number of nitrogens with one attached hydrogen (secondary N) is 1. The average Bonchev–Trinajstić information content (AvgIpc) is 2.79. The summed E-state index contributed by atoms with van der Waals surface area (Å²) in [5, 5.41) is 3.23. The van der Waals surface area contributed by atoms with Crippen molar-refractivity contribution in [3.63, 3.8) is 0 Å². The summed E-state index contributed by atoms with van der Waals surface area (Å²) in [6.45, 7) is 5.64. The number of nitrogens with zero attached hydrogens (tertiary/aromatic N) is 3. The molecule has 1 aromatic heterocycles. The molecule has 5 nitrogen and oxygen atoms in total. The van der Waals surface area contributed by atoms with Crippen LogP contribution in [0.25, 0.3) is 0 Å². The van der Waals surface area contributed by atoms with Crippen molar-refractivity contribution in [3.8, 4) is 5.75 Å². The van der Waals surface area contributed by atoms with E-state index >= 15 is 0 Å². The predicted octanol–water partition coefficient (Wildman–Crippen LogP) is 2.95. The van der Waals surface area contributed by atoms with Crippen LogP contribution in [0.1, 0.15) is 0 Å². The molecule has 1 aromatic carbocycles. The lowest BCUT2D eigenvalue weighted by Crippen LogP contribution is -2.22. The lowest BCUT2D eigenvalue weighted by Gasteiger charge is -2.24. The Labute approximate surface area is 123 Å². The first-order valence-electron chi connectivity index (χ1n) is 6.94. The van der Waals surface area contributed by atoms with Crippen molar-refractivity contribution in [2.45, 2.75) is 0 Å². The number of ether oxygens (including phenoxy) is 1. The molecule has 0 spiro atoms. The van der Waals surface area contributed by atoms with Crippen LogP contribution in [-0.4, -0.2) is 25.2 Å². The van der Waals surface area contributed by atoms with Crippen LogP contribution >= 0.6 is 0 Å². The minimum Gasteiger partial charge on any atom is -0.488 e. The highest BCUT2D eigenvalue weighted by Crippen LogP contribution is 2.45. The third-order valence-electron chi connectivity index (χ3n) is 3.88. The van der Waals surface area contributed by atoms with Crippen molar-refractivity contribution in [1.29, 1.82) is 0 Å². The molecule has 0 amide bonds. The van der Waals surface area contributed by atoms with E-state index in [9.17, 15) is 0 Å². The monoisotopic (exact) mass is 280 g/mol. The number of aromatic nitrogens is 1. The van der Waals surface area contributed by atoms with Gasteiger partial charge in [-0.15, -0.1) is 0 Å². The fraction of sp³-hybridized carbons (Fsp3) is 0.188. The van der Waals surface area contributed by atoms with Gasteiger partial charge >= 0.3 is 0 Å². The first-order chi connectivity index (χ1) is 10.3. The molecule has 0 aliphatic carbocycles. The Bertz CT molecular complexity index is 728. The molecule has 2 aliphatic rings. The highest BCUT2D eigenvalue weighted by Gasteiger charge is 2.29. The second-order valence-corrected chi connectivity index (χ2v) is 5.11. The molecule has 5 heteroatoms. The molecule has 3 heterocycles. The summed E-state index contributed by atoms with van der Waals surface area (Å²) in [6.07, 6.45) is 1.85. The Hall–Kier alpha value is -2.69. The van der Waals surface area contributed by atoms with E-state index in [1.807, 2.05) is 31.4 Å². The zero-order chi connectivity index (χ0) is 14.4. The van der Waals surface area contributed by atoms with E-state index in [0.717, 1.165) is 41.0 Å². The fourth-order valence-electron chi connectivity index (χ4n) is 2.78. The van der Waals surface area contributed by atoms with E-state index in [-0.39, 0.29) is 0 Å². The van der Waals surface area contributed by atoms with E-state index in [2.05, 4.69) is 38.8 Å². The molecule has 0 fully saturated rings. The Morgan fingerprint density at radius 2 is 2.10 bits per heavy atom. The summed E-state index contributed by atoms with van der Waals surface area (Å²) in [4.78, 5) is 8.63. The molecule has 21 heavy (non-hydrogen) atoms. The zero-order valence-corrected chi connectivity index (χ0v) is 11.8. The molecule has 1 N–H and O–H groups in total. The maximum Gasteiger partial charge on any atom is 0.169 e. The number of para-hydroxylation sites is 2. The second kappa shape index (κ2) is 4.41. The predicted molar refractivity (Wildman–Crippen MR) is 84.3 cm³/mol. The smallest absolute Gasteiger partial charge is 0.169 e. The number of rotatable bonds is 1. The van der Waals surface area contributed by atoms with E-state index in [1.54, 1.807) is 0 Å². The molecule has 0 unspecified atom stereocenters. The molecule has 106 valence electrons. The van der Waals surface area contributed by atoms with Crippen LogP contribution in [0.3, 0.4) is 0 Å². The van der Waals surface area contributed by atoms with Crippen molar-refractivity contribution >= 4 is 22.9 Å². The van der Waals surface area contributed by atoms with E-state index in [0.29, 0.717) is 6.61 Å². The lowest BCUT2D eigenvalue weighted by atomic mass is 10.2. The maximum absolute atomic E-state index is 5.68. The van der Waals surface area contributed by atoms with Gasteiger partial charge in [-0.05, 0) is 12.1 Å². The van der Waals surface area contributed by atoms with Gasteiger partial charge in [-0.2, -0.15) is 0 Å². The minimum atomic E-state index is 0.662. The third kappa shape index (κ3) is 1.74. The molecule has 2 aliphatic heterocycles. The standard InChI is InChI=1S/C16H16N4O/c1-11-19(2)13-5-3-4-6-14(13)20(11)12-9-15-16(18-10-12)17-7-8-21-15/h3-6,9-10H,1,7-8H2,2H3,(H,17,18). The van der Waals surface area contributed by atoms with Crippen LogP contribution in [0.4, 0.5) is 22.9 Å². The van der Waals surface area contributed by atoms with Gasteiger partial charge in [0, 0.05) is 13.1 Å². The molecule has 0 saturated carbocycles. The summed E-state index contributed by atoms with van der Waals surface area (Å²) in [7, 11) is 2.02. The van der Waals surface area contributed by atoms with Crippen LogP contribution in [-0.2, 0) is 0 Å². The van der Waals surface area contributed by atoms with Crippen molar-refractivity contribution in [3.05, 3.63) is 48.9 Å². The Morgan fingerprint density at radius 1 is 1.29 bits per heavy atom. The first kappa shape index (κ1) is 12.1. The Kier molecular flexibility index (Phi) is 2.54. The quantitative estimate of drug-likeness (QED) is 0.869. The Balaban J connectivity index is 1.82. The number of pyridine rings is 1. The van der Waals surface area contributed by atoms with Crippen molar-refractivity contribution in [2.24, 2.45) is 0 Å². The zero-order valence-electron chi connectivity index (χ0n) is 11.8. The maximum atomic E-state index is 5.68. The molecule has 4 rings (SSSR count). The molecule has 0 radical (unpaired) electrons. The van der Waals surface area contributed by atoms with Gasteiger partial charge < -0.3 is 15.0 Å². The van der Waals surface area contributed by atoms with Crippen molar-refractivity contribution in [2.75, 3.05) is 35.3 Å². The van der Waals surface area contributed by atoms with Crippen LogP contribution < -0.4 is 19.9 Å². The normalized spacial score (nSPS) is 16.1.